The molecule has 0 aliphatic rings. The molecule has 10 heteroatoms. The van der Waals surface area contributed by atoms with Crippen molar-refractivity contribution >= 4 is 57.8 Å². The quantitative estimate of drug-likeness (QED) is 0.0711. The Labute approximate surface area is 513 Å². The molecule has 0 unspecified atom stereocenters. The summed E-state index contributed by atoms with van der Waals surface area (Å²) >= 11 is 0. The van der Waals surface area contributed by atoms with E-state index < -0.39 is 57.8 Å². The second kappa shape index (κ2) is 32.3. The van der Waals surface area contributed by atoms with E-state index in [0.717, 1.165) is 44.5 Å². The van der Waals surface area contributed by atoms with Crippen LogP contribution in [0.15, 0.2) is 255 Å². The van der Waals surface area contributed by atoms with Crippen LogP contribution in [0.3, 0.4) is 0 Å². The van der Waals surface area contributed by atoms with Crippen molar-refractivity contribution in [2.45, 2.75) is 55.4 Å². The van der Waals surface area contributed by atoms with E-state index in [-0.39, 0.29) is 0 Å². The van der Waals surface area contributed by atoms with Crippen molar-refractivity contribution in [3.8, 4) is 0 Å². The molecule has 0 saturated heterocycles. The first-order valence-electron chi connectivity index (χ1n) is 28.2. The lowest BCUT2D eigenvalue weighted by atomic mass is 9.95. The van der Waals surface area contributed by atoms with Crippen LogP contribution in [-0.4, -0.2) is 57.8 Å². The van der Waals surface area contributed by atoms with Gasteiger partial charge in [-0.25, -0.2) is 0 Å². The number of benzene rings is 10. The Morgan fingerprint density at radius 2 is 0.295 bits per heavy atom. The van der Waals surface area contributed by atoms with Crippen molar-refractivity contribution in [1.29, 1.82) is 0 Å². The lowest BCUT2D eigenvalue weighted by Crippen LogP contribution is -2.15. The lowest BCUT2D eigenvalue weighted by Gasteiger charge is -2.06. The van der Waals surface area contributed by atoms with Gasteiger partial charge in [0, 0.05) is 55.6 Å². The molecule has 10 aromatic carbocycles. The number of rotatable bonds is 15. The predicted molar refractivity (Wildman–Crippen MR) is 346 cm³/mol. The van der Waals surface area contributed by atoms with Crippen LogP contribution in [-0.2, 0) is 0 Å². The van der Waals surface area contributed by atoms with Gasteiger partial charge in [-0.1, -0.05) is 255 Å². The highest BCUT2D eigenvalue weighted by Gasteiger charge is 2.24. The van der Waals surface area contributed by atoms with Crippen molar-refractivity contribution < 1.29 is 47.9 Å². The highest BCUT2D eigenvalue weighted by molar-refractivity contribution is 6.51. The van der Waals surface area contributed by atoms with Gasteiger partial charge >= 0.3 is 0 Å². The molecule has 0 spiro atoms. The van der Waals surface area contributed by atoms with E-state index in [0.29, 0.717) is 55.6 Å². The van der Waals surface area contributed by atoms with E-state index in [2.05, 4.69) is 0 Å². The second-order valence-electron chi connectivity index (χ2n) is 20.5. The molecule has 0 aliphatic heterocycles. The van der Waals surface area contributed by atoms with Gasteiger partial charge in [0.25, 0.3) is 0 Å². The van der Waals surface area contributed by atoms with Gasteiger partial charge < -0.3 is 0 Å². The Morgan fingerprint density at radius 1 is 0.159 bits per heavy atom. The molecule has 0 fully saturated rings. The number of aryl methyl sites for hydroxylation is 4. The summed E-state index contributed by atoms with van der Waals surface area (Å²) in [6.45, 7) is 15.2. The number of carbonyl (C=O) groups excluding carboxylic acids is 10. The van der Waals surface area contributed by atoms with Gasteiger partial charge in [0.1, 0.15) is 0 Å². The molecule has 0 N–H and O–H groups in total. The van der Waals surface area contributed by atoms with Crippen molar-refractivity contribution in [1.82, 2.24) is 0 Å². The molecule has 438 valence electrons. The van der Waals surface area contributed by atoms with E-state index in [9.17, 15) is 47.9 Å². The highest BCUT2D eigenvalue weighted by atomic mass is 16.2. The minimum absolute atomic E-state index is 0.427. The van der Waals surface area contributed by atoms with Gasteiger partial charge in [-0.05, 0) is 99.9 Å². The molecular weight excluding hydrogens is 1100 g/mol. The van der Waals surface area contributed by atoms with Gasteiger partial charge in [-0.15, -0.1) is 0 Å². The Bertz CT molecular complexity index is 3660. The van der Waals surface area contributed by atoms with Crippen LogP contribution >= 0.6 is 0 Å². The number of ketones is 10. The third-order valence-electron chi connectivity index (χ3n) is 14.6. The molecule has 0 aromatic heterocycles. The monoisotopic (exact) mass is 1160 g/mol. The van der Waals surface area contributed by atoms with Crippen LogP contribution in [0.4, 0.5) is 0 Å². The van der Waals surface area contributed by atoms with E-state index in [1.54, 1.807) is 194 Å². The van der Waals surface area contributed by atoms with E-state index in [1.807, 2.05) is 116 Å². The molecule has 88 heavy (non-hydrogen) atoms. The molecule has 0 heterocycles. The average molecular weight is 1160 g/mol. The molecule has 0 radical (unpaired) electrons. The largest absolute Gasteiger partial charge is 0.285 e. The zero-order chi connectivity index (χ0) is 63.9. The molecule has 0 saturated carbocycles. The number of Topliss-reactive ketones (excluding diaryl/α,β-unsaturated/α-hetero) is 10. The van der Waals surface area contributed by atoms with Crippen molar-refractivity contribution in [2.24, 2.45) is 0 Å². The number of carbonyl (C=O) groups is 10. The van der Waals surface area contributed by atoms with Crippen LogP contribution in [0.1, 0.15) is 148 Å². The summed E-state index contributed by atoms with van der Waals surface area (Å²) in [6.07, 6.45) is 0. The Balaban J connectivity index is 0.000000176. The molecule has 10 aromatic rings. The maximum Gasteiger partial charge on any atom is 0.233 e. The van der Waals surface area contributed by atoms with Gasteiger partial charge in [-0.2, -0.15) is 0 Å². The summed E-state index contributed by atoms with van der Waals surface area (Å²) in [5.41, 5.74) is 12.1. The van der Waals surface area contributed by atoms with E-state index in [1.165, 1.54) is 0 Å². The van der Waals surface area contributed by atoms with Crippen molar-refractivity contribution in [2.75, 3.05) is 0 Å². The molecule has 0 amide bonds. The van der Waals surface area contributed by atoms with Crippen LogP contribution < -0.4 is 0 Å². The summed E-state index contributed by atoms with van der Waals surface area (Å²) < 4.78 is 0. The van der Waals surface area contributed by atoms with Crippen molar-refractivity contribution in [3.63, 3.8) is 0 Å². The van der Waals surface area contributed by atoms with E-state index >= 15 is 0 Å². The molecule has 10 rings (SSSR count). The lowest BCUT2D eigenvalue weighted by molar-refractivity contribution is 0.0816. The van der Waals surface area contributed by atoms with Gasteiger partial charge in [-0.3, -0.25) is 47.9 Å². The number of hydrogen-bond donors (Lipinski definition) is 0. The maximum absolute atomic E-state index is 12.2. The predicted octanol–water partition coefficient (Wildman–Crippen LogP) is 16.2. The summed E-state index contributed by atoms with van der Waals surface area (Å²) in [4.78, 5) is 121. The maximum atomic E-state index is 12.2. The fraction of sp³-hybridized carbons (Fsp3) is 0.103. The second-order valence-corrected chi connectivity index (χ2v) is 20.5. The third kappa shape index (κ3) is 17.5. The molecule has 0 bridgehead atoms. The zero-order valence-corrected chi connectivity index (χ0v) is 50.3. The molecule has 0 atom stereocenters. The fourth-order valence-corrected chi connectivity index (χ4v) is 8.80. The van der Waals surface area contributed by atoms with Crippen LogP contribution in [0.2, 0.25) is 0 Å². The summed E-state index contributed by atoms with van der Waals surface area (Å²) in [5.74, 6) is -4.52. The molecule has 10 nitrogen and oxygen atoms in total. The van der Waals surface area contributed by atoms with Crippen LogP contribution in [0.5, 0.6) is 0 Å². The normalized spacial score (nSPS) is 10.0. The SMILES string of the molecule is Cc1cccc(C(=O)C(=O)c2ccccc2)c1C.Cc1cccc(C(=O)C(=O)c2ccccc2)c1C.Cc1cccc(C(=O)C(=O)c2ccccc2)c1C.Cc1cccc(C(=O)C(=O)c2ccccc2)c1C.O=C(C(=O)c1ccccc1)c1ccccc1. The topological polar surface area (TPSA) is 171 Å². The molecule has 0 aliphatic carbocycles. The number of hydrogen-bond acceptors (Lipinski definition) is 10. The summed E-state index contributed by atoms with van der Waals surface area (Å²) in [6, 6.07) is 73.4. The first-order chi connectivity index (χ1) is 42.2. The van der Waals surface area contributed by atoms with Gasteiger partial charge in [0.05, 0.1) is 0 Å². The standard InChI is InChI=1S/4C16H14O2.C14H10O2/c4*1-11-7-6-10-14(12(11)2)16(18)15(17)13-8-4-3-5-9-13;15-13(11-7-3-1-4-8-11)14(16)12-9-5-2-6-10-12/h4*3-10H,1-2H3;1-10H. The Hall–Kier alpha value is -11.1. The molecular formula is C78H66O10. The van der Waals surface area contributed by atoms with Crippen LogP contribution in [0.25, 0.3) is 0 Å². The fourth-order valence-electron chi connectivity index (χ4n) is 8.80. The zero-order valence-electron chi connectivity index (χ0n) is 50.3. The first-order valence-corrected chi connectivity index (χ1v) is 28.2. The summed E-state index contributed by atoms with van der Waals surface area (Å²) in [7, 11) is 0. The smallest absolute Gasteiger partial charge is 0.233 e. The first kappa shape index (κ1) is 66.0. The van der Waals surface area contributed by atoms with Gasteiger partial charge in [0.2, 0.25) is 57.8 Å². The average Bonchev–Trinajstić information content (AvgIpc) is 3.14. The Kier molecular flexibility index (Phi) is 24.2. The van der Waals surface area contributed by atoms with Crippen molar-refractivity contribution in [3.05, 3.63) is 355 Å². The van der Waals surface area contributed by atoms with Gasteiger partial charge in [0.15, 0.2) is 0 Å². The summed E-state index contributed by atoms with van der Waals surface area (Å²) in [5, 5.41) is 0. The van der Waals surface area contributed by atoms with E-state index in [4.69, 9.17) is 0 Å². The third-order valence-corrected chi connectivity index (χ3v) is 14.6. The Morgan fingerprint density at radius 3 is 0.443 bits per heavy atom. The minimum Gasteiger partial charge on any atom is -0.285 e. The van der Waals surface area contributed by atoms with Crippen LogP contribution in [0, 0.1) is 55.4 Å². The highest BCUT2D eigenvalue weighted by Crippen LogP contribution is 2.20. The minimum atomic E-state index is -0.466.